The molecule has 0 saturated heterocycles. The van der Waals surface area contributed by atoms with Gasteiger partial charge in [-0.3, -0.25) is 0 Å². The molecule has 0 bridgehead atoms. The molecule has 0 atom stereocenters. The molecular formula is C12H14O2. The number of hydrogen-bond donors (Lipinski definition) is 1. The number of ether oxygens (including phenoxy) is 1. The Bertz CT molecular complexity index is 403. The highest BCUT2D eigenvalue weighted by Crippen LogP contribution is 2.43. The first-order valence-electron chi connectivity index (χ1n) is 4.70. The molecule has 1 N–H and O–H groups in total. The van der Waals surface area contributed by atoms with Crippen molar-refractivity contribution in [2.75, 3.05) is 0 Å². The molecule has 2 nitrogen and oxygen atoms in total. The van der Waals surface area contributed by atoms with Gasteiger partial charge in [0.05, 0.1) is 5.76 Å². The molecule has 0 spiro atoms. The minimum atomic E-state index is -0.164. The molecule has 0 fully saturated rings. The van der Waals surface area contributed by atoms with E-state index in [1.54, 1.807) is 12.1 Å². The average Bonchev–Trinajstić information content (AvgIpc) is 2.00. The van der Waals surface area contributed by atoms with Crippen LogP contribution in [0.25, 0.3) is 0 Å². The molecule has 0 aliphatic carbocycles. The third-order valence-corrected chi connectivity index (χ3v) is 2.48. The zero-order valence-corrected chi connectivity index (χ0v) is 8.66. The van der Waals surface area contributed by atoms with Gasteiger partial charge in [-0.2, -0.15) is 0 Å². The van der Waals surface area contributed by atoms with Gasteiger partial charge in [-0.05, 0) is 25.1 Å². The van der Waals surface area contributed by atoms with E-state index in [9.17, 15) is 5.11 Å². The summed E-state index contributed by atoms with van der Waals surface area (Å²) >= 11 is 0. The molecule has 0 amide bonds. The van der Waals surface area contributed by atoms with Gasteiger partial charge in [0.1, 0.15) is 11.5 Å². The van der Waals surface area contributed by atoms with Crippen molar-refractivity contribution < 1.29 is 9.84 Å². The van der Waals surface area contributed by atoms with E-state index in [1.165, 1.54) is 0 Å². The van der Waals surface area contributed by atoms with Crippen molar-refractivity contribution in [2.24, 2.45) is 0 Å². The summed E-state index contributed by atoms with van der Waals surface area (Å²) < 4.78 is 5.55. The van der Waals surface area contributed by atoms with Gasteiger partial charge in [0.25, 0.3) is 0 Å². The Balaban J connectivity index is 2.66. The highest BCUT2D eigenvalue weighted by atomic mass is 16.5. The molecular weight excluding hydrogens is 176 g/mol. The van der Waals surface area contributed by atoms with Crippen molar-refractivity contribution in [3.63, 3.8) is 0 Å². The third kappa shape index (κ3) is 1.27. The van der Waals surface area contributed by atoms with E-state index in [4.69, 9.17) is 4.74 Å². The van der Waals surface area contributed by atoms with Crippen LogP contribution in [0.3, 0.4) is 0 Å². The summed E-state index contributed by atoms with van der Waals surface area (Å²) in [4.78, 5) is 0. The van der Waals surface area contributed by atoms with Crippen LogP contribution in [0, 0.1) is 0 Å². The van der Waals surface area contributed by atoms with Gasteiger partial charge in [-0.15, -0.1) is 0 Å². The smallest absolute Gasteiger partial charge is 0.134 e. The average molecular weight is 190 g/mol. The van der Waals surface area contributed by atoms with Gasteiger partial charge < -0.3 is 9.84 Å². The SMILES string of the molecule is CC1=CC(C)(C)c2c(O)cccc2O1. The van der Waals surface area contributed by atoms with Crippen LogP contribution in [0.4, 0.5) is 0 Å². The Hall–Kier alpha value is -1.44. The second kappa shape index (κ2) is 2.77. The van der Waals surface area contributed by atoms with Crippen molar-refractivity contribution in [1.29, 1.82) is 0 Å². The molecule has 1 aliphatic heterocycles. The van der Waals surface area contributed by atoms with E-state index < -0.39 is 0 Å². The lowest BCUT2D eigenvalue weighted by Gasteiger charge is -2.30. The lowest BCUT2D eigenvalue weighted by molar-refractivity contribution is 0.368. The molecule has 1 aliphatic rings. The zero-order valence-electron chi connectivity index (χ0n) is 8.66. The van der Waals surface area contributed by atoms with E-state index in [0.29, 0.717) is 5.75 Å². The molecule has 74 valence electrons. The number of phenolic OH excluding ortho intramolecular Hbond substituents is 1. The minimum Gasteiger partial charge on any atom is -0.507 e. The van der Waals surface area contributed by atoms with Gasteiger partial charge in [0.15, 0.2) is 0 Å². The molecule has 14 heavy (non-hydrogen) atoms. The fraction of sp³-hybridized carbons (Fsp3) is 0.333. The zero-order chi connectivity index (χ0) is 10.3. The number of rotatable bonds is 0. The predicted molar refractivity (Wildman–Crippen MR) is 55.5 cm³/mol. The predicted octanol–water partition coefficient (Wildman–Crippen LogP) is 2.97. The van der Waals surface area contributed by atoms with Crippen LogP contribution < -0.4 is 4.74 Å². The van der Waals surface area contributed by atoms with Crippen molar-refractivity contribution in [3.8, 4) is 11.5 Å². The maximum absolute atomic E-state index is 9.77. The molecule has 0 unspecified atom stereocenters. The third-order valence-electron chi connectivity index (χ3n) is 2.48. The normalized spacial score (nSPS) is 18.1. The molecule has 0 aromatic heterocycles. The van der Waals surface area contributed by atoms with Crippen LogP contribution in [0.15, 0.2) is 30.0 Å². The largest absolute Gasteiger partial charge is 0.507 e. The Morgan fingerprint density at radius 1 is 1.29 bits per heavy atom. The van der Waals surface area contributed by atoms with E-state index in [0.717, 1.165) is 17.1 Å². The number of benzene rings is 1. The number of aromatic hydroxyl groups is 1. The van der Waals surface area contributed by atoms with E-state index in [2.05, 4.69) is 13.8 Å². The maximum atomic E-state index is 9.77. The molecule has 0 saturated carbocycles. The first-order valence-corrected chi connectivity index (χ1v) is 4.70. The van der Waals surface area contributed by atoms with Crippen LogP contribution in [0.1, 0.15) is 26.3 Å². The molecule has 1 aromatic rings. The lowest BCUT2D eigenvalue weighted by Crippen LogP contribution is -2.20. The fourth-order valence-corrected chi connectivity index (χ4v) is 2.04. The molecule has 0 radical (unpaired) electrons. The standard InChI is InChI=1S/C12H14O2/c1-8-7-12(2,3)11-9(13)5-4-6-10(11)14-8/h4-7,13H,1-3H3. The van der Waals surface area contributed by atoms with Crippen LogP contribution in [0.2, 0.25) is 0 Å². The Kier molecular flexibility index (Phi) is 1.81. The quantitative estimate of drug-likeness (QED) is 0.681. The van der Waals surface area contributed by atoms with Crippen molar-refractivity contribution >= 4 is 0 Å². The summed E-state index contributed by atoms with van der Waals surface area (Å²) in [6, 6.07) is 5.37. The van der Waals surface area contributed by atoms with Gasteiger partial charge in [0.2, 0.25) is 0 Å². The number of fused-ring (bicyclic) bond motifs is 1. The van der Waals surface area contributed by atoms with Crippen molar-refractivity contribution in [2.45, 2.75) is 26.2 Å². The van der Waals surface area contributed by atoms with E-state index in [1.807, 2.05) is 19.1 Å². The number of hydrogen-bond acceptors (Lipinski definition) is 2. The molecule has 1 heterocycles. The van der Waals surface area contributed by atoms with Crippen molar-refractivity contribution in [1.82, 2.24) is 0 Å². The summed E-state index contributed by atoms with van der Waals surface area (Å²) in [5.41, 5.74) is 0.703. The number of allylic oxidation sites excluding steroid dienone is 2. The van der Waals surface area contributed by atoms with Gasteiger partial charge >= 0.3 is 0 Å². The summed E-state index contributed by atoms with van der Waals surface area (Å²) in [5.74, 6) is 1.94. The molecule has 1 aromatic carbocycles. The first-order chi connectivity index (χ1) is 6.50. The summed E-state index contributed by atoms with van der Waals surface area (Å²) in [6.45, 7) is 6.06. The second-order valence-corrected chi connectivity index (χ2v) is 4.23. The molecule has 2 heteroatoms. The topological polar surface area (TPSA) is 29.5 Å². The minimum absolute atomic E-state index is 0.164. The van der Waals surface area contributed by atoms with Crippen LogP contribution >= 0.6 is 0 Å². The Morgan fingerprint density at radius 3 is 2.71 bits per heavy atom. The molecule has 2 rings (SSSR count). The fourth-order valence-electron chi connectivity index (χ4n) is 2.04. The van der Waals surface area contributed by atoms with Gasteiger partial charge in [-0.1, -0.05) is 19.9 Å². The van der Waals surface area contributed by atoms with E-state index in [-0.39, 0.29) is 5.41 Å². The number of phenols is 1. The first kappa shape index (κ1) is 9.13. The van der Waals surface area contributed by atoms with Crippen LogP contribution in [-0.4, -0.2) is 5.11 Å². The van der Waals surface area contributed by atoms with Crippen LogP contribution in [-0.2, 0) is 5.41 Å². The monoisotopic (exact) mass is 190 g/mol. The van der Waals surface area contributed by atoms with Crippen LogP contribution in [0.5, 0.6) is 11.5 Å². The second-order valence-electron chi connectivity index (χ2n) is 4.23. The summed E-state index contributed by atoms with van der Waals surface area (Å²) in [7, 11) is 0. The van der Waals surface area contributed by atoms with Crippen molar-refractivity contribution in [3.05, 3.63) is 35.6 Å². The Morgan fingerprint density at radius 2 is 2.00 bits per heavy atom. The Labute approximate surface area is 83.8 Å². The highest BCUT2D eigenvalue weighted by Gasteiger charge is 2.29. The summed E-state index contributed by atoms with van der Waals surface area (Å²) in [5, 5.41) is 9.77. The van der Waals surface area contributed by atoms with Gasteiger partial charge in [0, 0.05) is 11.0 Å². The van der Waals surface area contributed by atoms with E-state index >= 15 is 0 Å². The summed E-state index contributed by atoms with van der Waals surface area (Å²) in [6.07, 6.45) is 2.02. The van der Waals surface area contributed by atoms with Gasteiger partial charge in [-0.25, -0.2) is 0 Å². The maximum Gasteiger partial charge on any atom is 0.134 e. The lowest BCUT2D eigenvalue weighted by atomic mass is 9.81. The highest BCUT2D eigenvalue weighted by molar-refractivity contribution is 5.53.